The molecular formula is C15H22O9. The summed E-state index contributed by atoms with van der Waals surface area (Å²) >= 11 is 0. The van der Waals surface area contributed by atoms with Crippen LogP contribution in [0.2, 0.25) is 0 Å². The summed E-state index contributed by atoms with van der Waals surface area (Å²) in [4.78, 5) is 0. The van der Waals surface area contributed by atoms with Crippen LogP contribution in [0, 0.1) is 5.92 Å². The Bertz CT molecular complexity index is 529. The van der Waals surface area contributed by atoms with Gasteiger partial charge in [0.2, 0.25) is 6.29 Å². The lowest BCUT2D eigenvalue weighted by molar-refractivity contribution is -0.343. The lowest BCUT2D eigenvalue weighted by Gasteiger charge is -2.43. The molecule has 0 aromatic rings. The van der Waals surface area contributed by atoms with E-state index in [1.165, 1.54) is 19.3 Å². The van der Waals surface area contributed by atoms with Crippen LogP contribution in [0.4, 0.5) is 0 Å². The maximum Gasteiger partial charge on any atom is 0.211 e. The number of ether oxygens (including phenoxy) is 3. The second-order valence-corrected chi connectivity index (χ2v) is 6.46. The van der Waals surface area contributed by atoms with E-state index in [-0.39, 0.29) is 0 Å². The fourth-order valence-electron chi connectivity index (χ4n) is 3.26. The van der Waals surface area contributed by atoms with Crippen molar-refractivity contribution in [2.75, 3.05) is 6.61 Å². The van der Waals surface area contributed by atoms with Gasteiger partial charge in [-0.25, -0.2) is 0 Å². The zero-order chi connectivity index (χ0) is 17.6. The number of aliphatic hydroxyl groups is 6. The Morgan fingerprint density at radius 1 is 1.12 bits per heavy atom. The summed E-state index contributed by atoms with van der Waals surface area (Å²) in [5, 5.41) is 59.3. The molecule has 24 heavy (non-hydrogen) atoms. The Labute approximate surface area is 138 Å². The smallest absolute Gasteiger partial charge is 0.211 e. The first-order valence-electron chi connectivity index (χ1n) is 7.67. The predicted octanol–water partition coefficient (Wildman–Crippen LogP) is -2.66. The van der Waals surface area contributed by atoms with Gasteiger partial charge in [0.15, 0.2) is 6.29 Å². The van der Waals surface area contributed by atoms with Gasteiger partial charge in [-0.15, -0.1) is 0 Å². The zero-order valence-corrected chi connectivity index (χ0v) is 13.0. The summed E-state index contributed by atoms with van der Waals surface area (Å²) < 4.78 is 16.2. The molecule has 0 amide bonds. The van der Waals surface area contributed by atoms with E-state index < -0.39 is 61.2 Å². The first kappa shape index (κ1) is 17.8. The quantitative estimate of drug-likeness (QED) is 0.322. The summed E-state index contributed by atoms with van der Waals surface area (Å²) in [7, 11) is 0. The lowest BCUT2D eigenvalue weighted by Crippen LogP contribution is -2.60. The molecule has 1 fully saturated rings. The van der Waals surface area contributed by atoms with E-state index >= 15 is 0 Å². The highest BCUT2D eigenvalue weighted by atomic mass is 16.8. The molecule has 0 aromatic carbocycles. The van der Waals surface area contributed by atoms with Crippen molar-refractivity contribution >= 4 is 0 Å². The van der Waals surface area contributed by atoms with Gasteiger partial charge >= 0.3 is 0 Å². The lowest BCUT2D eigenvalue weighted by atomic mass is 9.85. The minimum atomic E-state index is -1.58. The fraction of sp³-hybridized carbons (Fsp3) is 0.733. The topological polar surface area (TPSA) is 149 Å². The van der Waals surface area contributed by atoms with Gasteiger partial charge in [-0.05, 0) is 24.6 Å². The van der Waals surface area contributed by atoms with Crippen LogP contribution in [0.3, 0.4) is 0 Å². The van der Waals surface area contributed by atoms with E-state index in [1.54, 1.807) is 6.08 Å². The van der Waals surface area contributed by atoms with Crippen LogP contribution < -0.4 is 0 Å². The zero-order valence-electron chi connectivity index (χ0n) is 13.0. The van der Waals surface area contributed by atoms with E-state index in [0.29, 0.717) is 5.57 Å². The maximum absolute atomic E-state index is 10.5. The van der Waals surface area contributed by atoms with E-state index in [2.05, 4.69) is 0 Å². The van der Waals surface area contributed by atoms with Crippen molar-refractivity contribution in [3.05, 3.63) is 24.0 Å². The van der Waals surface area contributed by atoms with Crippen molar-refractivity contribution in [2.24, 2.45) is 5.92 Å². The monoisotopic (exact) mass is 346 g/mol. The molecule has 0 aromatic heterocycles. The van der Waals surface area contributed by atoms with E-state index in [0.717, 1.165) is 0 Å². The van der Waals surface area contributed by atoms with Crippen LogP contribution in [0.25, 0.3) is 0 Å². The third-order valence-corrected chi connectivity index (χ3v) is 4.80. The molecule has 2 aliphatic heterocycles. The molecule has 3 aliphatic rings. The highest BCUT2D eigenvalue weighted by Gasteiger charge is 2.53. The first-order chi connectivity index (χ1) is 11.3. The van der Waals surface area contributed by atoms with Crippen molar-refractivity contribution < 1.29 is 44.8 Å². The van der Waals surface area contributed by atoms with Crippen LogP contribution in [0.15, 0.2) is 24.0 Å². The molecule has 136 valence electrons. The van der Waals surface area contributed by atoms with E-state index in [1.807, 2.05) is 0 Å². The van der Waals surface area contributed by atoms with Crippen molar-refractivity contribution in [3.8, 4) is 0 Å². The Morgan fingerprint density at radius 3 is 2.50 bits per heavy atom. The van der Waals surface area contributed by atoms with Gasteiger partial charge in [0.25, 0.3) is 0 Å². The molecule has 1 saturated heterocycles. The average Bonchev–Trinajstić information content (AvgIpc) is 2.78. The molecular weight excluding hydrogens is 324 g/mol. The maximum atomic E-state index is 10.5. The van der Waals surface area contributed by atoms with Gasteiger partial charge in [-0.3, -0.25) is 0 Å². The summed E-state index contributed by atoms with van der Waals surface area (Å²) in [5.74, 6) is -0.745. The first-order valence-corrected chi connectivity index (χ1v) is 7.67. The Hall–Kier alpha value is -1.04. The molecule has 3 rings (SSSR count). The van der Waals surface area contributed by atoms with E-state index in [4.69, 9.17) is 14.2 Å². The predicted molar refractivity (Wildman–Crippen MR) is 77.1 cm³/mol. The second-order valence-electron chi connectivity index (χ2n) is 6.46. The van der Waals surface area contributed by atoms with Gasteiger partial charge in [0.1, 0.15) is 36.1 Å². The minimum Gasteiger partial charge on any atom is -0.472 e. The fourth-order valence-corrected chi connectivity index (χ4v) is 3.26. The molecule has 9 nitrogen and oxygen atoms in total. The molecule has 9 heteroatoms. The standard InChI is InChI=1S/C15H22O9/c1-15(21)8(17)4-6-2-3-22-13(9(6)15)24-14-12(20)11(19)10(18)7(5-16)23-14/h2-4,7-14,16-21H,5H2,1H3/t7-,8-,9-,10-,11+,12-,13+,14+,15+/m1/s1. The molecule has 9 atom stereocenters. The molecule has 2 heterocycles. The second kappa shape index (κ2) is 6.36. The highest BCUT2D eigenvalue weighted by Crippen LogP contribution is 2.43. The SMILES string of the molecule is C[C@]1(O)[C@H](O)C=C2C=CO[C@@H](O[C@@H]3O[C@H](CO)[C@@H](O)[C@H](O)[C@H]3O)[C@@H]21. The normalized spacial score (nSPS) is 51.0. The number of fused-ring (bicyclic) bond motifs is 1. The summed E-state index contributed by atoms with van der Waals surface area (Å²) in [5.41, 5.74) is -0.952. The Balaban J connectivity index is 1.78. The molecule has 0 bridgehead atoms. The van der Waals surface area contributed by atoms with Crippen molar-refractivity contribution in [3.63, 3.8) is 0 Å². The Kier molecular flexibility index (Phi) is 4.71. The van der Waals surface area contributed by atoms with Crippen LogP contribution in [0.1, 0.15) is 6.92 Å². The van der Waals surface area contributed by atoms with Crippen LogP contribution in [-0.4, -0.2) is 85.9 Å². The summed E-state index contributed by atoms with van der Waals surface area (Å²) in [6.45, 7) is 0.846. The van der Waals surface area contributed by atoms with Gasteiger partial charge in [-0.2, -0.15) is 0 Å². The van der Waals surface area contributed by atoms with Crippen LogP contribution in [-0.2, 0) is 14.2 Å². The minimum absolute atomic E-state index is 0.582. The Morgan fingerprint density at radius 2 is 1.83 bits per heavy atom. The third-order valence-electron chi connectivity index (χ3n) is 4.80. The van der Waals surface area contributed by atoms with Crippen molar-refractivity contribution in [1.82, 2.24) is 0 Å². The molecule has 0 spiro atoms. The summed E-state index contributed by atoms with van der Waals surface area (Å²) in [6, 6.07) is 0. The number of allylic oxidation sites excluding steroid dienone is 1. The van der Waals surface area contributed by atoms with Gasteiger partial charge in [-0.1, -0.05) is 0 Å². The van der Waals surface area contributed by atoms with Crippen LogP contribution >= 0.6 is 0 Å². The third kappa shape index (κ3) is 2.76. The number of hydrogen-bond acceptors (Lipinski definition) is 9. The molecule has 0 unspecified atom stereocenters. The molecule has 6 N–H and O–H groups in total. The number of aliphatic hydroxyl groups excluding tert-OH is 5. The average molecular weight is 346 g/mol. The van der Waals surface area contributed by atoms with Crippen LogP contribution in [0.5, 0.6) is 0 Å². The largest absolute Gasteiger partial charge is 0.472 e. The van der Waals surface area contributed by atoms with Crippen molar-refractivity contribution in [1.29, 1.82) is 0 Å². The highest BCUT2D eigenvalue weighted by molar-refractivity contribution is 5.35. The van der Waals surface area contributed by atoms with Gasteiger partial charge < -0.3 is 44.8 Å². The van der Waals surface area contributed by atoms with Gasteiger partial charge in [0, 0.05) is 0 Å². The van der Waals surface area contributed by atoms with E-state index in [9.17, 15) is 30.6 Å². The van der Waals surface area contributed by atoms with Crippen molar-refractivity contribution in [2.45, 2.75) is 55.6 Å². The molecule has 1 aliphatic carbocycles. The number of hydrogen-bond donors (Lipinski definition) is 6. The summed E-state index contributed by atoms with van der Waals surface area (Å²) in [6.07, 6.45) is -5.00. The number of rotatable bonds is 3. The van der Waals surface area contributed by atoms with Gasteiger partial charge in [0.05, 0.1) is 18.8 Å². The molecule has 0 radical (unpaired) electrons. The molecule has 0 saturated carbocycles.